The molecule has 2 aromatic rings. The average Bonchev–Trinajstić information content (AvgIpc) is 2.90. The fourth-order valence-corrected chi connectivity index (χ4v) is 2.91. The van der Waals surface area contributed by atoms with Crippen molar-refractivity contribution in [1.29, 1.82) is 0 Å². The van der Waals surface area contributed by atoms with Gasteiger partial charge in [0.25, 0.3) is 11.5 Å². The van der Waals surface area contributed by atoms with E-state index in [-0.39, 0.29) is 23.7 Å². The third kappa shape index (κ3) is 4.22. The molecule has 1 aromatic carbocycles. The van der Waals surface area contributed by atoms with Crippen molar-refractivity contribution in [2.45, 2.75) is 39.3 Å². The molecule has 0 fully saturated rings. The Morgan fingerprint density at radius 1 is 1.35 bits per heavy atom. The monoisotopic (exact) mass is 357 g/mol. The first-order valence-electron chi connectivity index (χ1n) is 8.59. The number of ether oxygens (including phenoxy) is 2. The number of hydrogen-bond donors (Lipinski definition) is 1. The van der Waals surface area contributed by atoms with Crippen molar-refractivity contribution in [3.05, 3.63) is 51.9 Å². The summed E-state index contributed by atoms with van der Waals surface area (Å²) < 4.78 is 12.9. The van der Waals surface area contributed by atoms with E-state index in [2.05, 4.69) is 10.4 Å². The van der Waals surface area contributed by atoms with E-state index in [9.17, 15) is 9.59 Å². The summed E-state index contributed by atoms with van der Waals surface area (Å²) in [6.07, 6.45) is 0.809. The van der Waals surface area contributed by atoms with Crippen LogP contribution in [0.15, 0.2) is 35.1 Å². The zero-order chi connectivity index (χ0) is 18.7. The van der Waals surface area contributed by atoms with Gasteiger partial charge in [-0.05, 0) is 32.9 Å². The molecule has 7 nitrogen and oxygen atoms in total. The first kappa shape index (κ1) is 18.0. The van der Waals surface area contributed by atoms with Crippen molar-refractivity contribution >= 4 is 5.91 Å². The predicted molar refractivity (Wildman–Crippen MR) is 96.6 cm³/mol. The Morgan fingerprint density at radius 2 is 2.15 bits per heavy atom. The smallest absolute Gasteiger partial charge is 0.266 e. The van der Waals surface area contributed by atoms with Crippen LogP contribution in [-0.2, 0) is 17.8 Å². The summed E-state index contributed by atoms with van der Waals surface area (Å²) in [5, 5.41) is 6.85. The van der Waals surface area contributed by atoms with E-state index in [1.807, 2.05) is 32.9 Å². The minimum atomic E-state index is -0.266. The van der Waals surface area contributed by atoms with Crippen LogP contribution in [0.1, 0.15) is 25.1 Å². The van der Waals surface area contributed by atoms with E-state index in [1.54, 1.807) is 12.1 Å². The number of fused-ring (bicyclic) bond motifs is 1. The Balaban J connectivity index is 1.51. The quantitative estimate of drug-likeness (QED) is 0.846. The molecule has 1 amide bonds. The number of aromatic nitrogens is 2. The minimum absolute atomic E-state index is 0.115. The topological polar surface area (TPSA) is 82.5 Å². The number of carbonyl (C=O) groups excluding carboxylic acids is 1. The molecule has 1 aromatic heterocycles. The number of nitrogens with one attached hydrogen (secondary N) is 1. The van der Waals surface area contributed by atoms with E-state index in [0.717, 1.165) is 17.7 Å². The first-order chi connectivity index (χ1) is 12.3. The summed E-state index contributed by atoms with van der Waals surface area (Å²) in [5.41, 5.74) is 1.37. The molecular formula is C19H23N3O4. The lowest BCUT2D eigenvalue weighted by molar-refractivity contribution is -0.123. The SMILES string of the molecule is Cc1ccc(=O)n(CCNC(=O)COc2cccc3c2OC(C)(C)C3)n1. The molecule has 0 unspecified atom stereocenters. The molecule has 0 saturated carbocycles. The van der Waals surface area contributed by atoms with Gasteiger partial charge >= 0.3 is 0 Å². The van der Waals surface area contributed by atoms with Crippen LogP contribution in [0.4, 0.5) is 0 Å². The number of benzene rings is 1. The van der Waals surface area contributed by atoms with Gasteiger partial charge in [-0.2, -0.15) is 5.10 Å². The van der Waals surface area contributed by atoms with Crippen molar-refractivity contribution in [2.75, 3.05) is 13.2 Å². The highest BCUT2D eigenvalue weighted by Crippen LogP contribution is 2.41. The summed E-state index contributed by atoms with van der Waals surface area (Å²) in [6, 6.07) is 8.82. The number of rotatable bonds is 6. The van der Waals surface area contributed by atoms with Crippen molar-refractivity contribution in [1.82, 2.24) is 15.1 Å². The van der Waals surface area contributed by atoms with Gasteiger partial charge in [0.2, 0.25) is 0 Å². The number of para-hydroxylation sites is 1. The molecule has 7 heteroatoms. The van der Waals surface area contributed by atoms with E-state index in [1.165, 1.54) is 10.7 Å². The number of nitrogens with zero attached hydrogens (tertiary/aromatic N) is 2. The summed E-state index contributed by atoms with van der Waals surface area (Å²) in [6.45, 7) is 6.34. The lowest BCUT2D eigenvalue weighted by Gasteiger charge is -2.18. The fourth-order valence-electron chi connectivity index (χ4n) is 2.91. The lowest BCUT2D eigenvalue weighted by Crippen LogP contribution is -2.34. The van der Waals surface area contributed by atoms with E-state index in [0.29, 0.717) is 24.6 Å². The molecule has 3 rings (SSSR count). The molecule has 1 aliphatic rings. The maximum atomic E-state index is 12.0. The molecule has 0 saturated heterocycles. The van der Waals surface area contributed by atoms with Gasteiger partial charge in [-0.15, -0.1) is 0 Å². The minimum Gasteiger partial charge on any atom is -0.483 e. The summed E-state index contributed by atoms with van der Waals surface area (Å²) in [4.78, 5) is 23.7. The van der Waals surface area contributed by atoms with Gasteiger partial charge < -0.3 is 14.8 Å². The Morgan fingerprint density at radius 3 is 2.96 bits per heavy atom. The van der Waals surface area contributed by atoms with Crippen LogP contribution in [-0.4, -0.2) is 34.4 Å². The normalized spacial score (nSPS) is 14.4. The average molecular weight is 357 g/mol. The van der Waals surface area contributed by atoms with Crippen LogP contribution in [0, 0.1) is 6.92 Å². The molecule has 138 valence electrons. The Labute approximate surface area is 151 Å². The molecule has 26 heavy (non-hydrogen) atoms. The molecule has 1 N–H and O–H groups in total. The lowest BCUT2D eigenvalue weighted by atomic mass is 10.0. The van der Waals surface area contributed by atoms with E-state index >= 15 is 0 Å². The maximum absolute atomic E-state index is 12.0. The summed E-state index contributed by atoms with van der Waals surface area (Å²) >= 11 is 0. The number of hydrogen-bond acceptors (Lipinski definition) is 5. The highest BCUT2D eigenvalue weighted by Gasteiger charge is 2.32. The highest BCUT2D eigenvalue weighted by atomic mass is 16.5. The molecule has 1 aliphatic heterocycles. The molecule has 0 aliphatic carbocycles. The van der Waals surface area contributed by atoms with Gasteiger partial charge in [-0.1, -0.05) is 12.1 Å². The Hall–Kier alpha value is -2.83. The second kappa shape index (κ2) is 7.19. The number of amides is 1. The van der Waals surface area contributed by atoms with Crippen LogP contribution in [0.2, 0.25) is 0 Å². The van der Waals surface area contributed by atoms with Crippen LogP contribution in [0.5, 0.6) is 11.5 Å². The van der Waals surface area contributed by atoms with Crippen molar-refractivity contribution in [3.63, 3.8) is 0 Å². The van der Waals surface area contributed by atoms with E-state index < -0.39 is 0 Å². The summed E-state index contributed by atoms with van der Waals surface area (Å²) in [5.74, 6) is 1.01. The largest absolute Gasteiger partial charge is 0.483 e. The van der Waals surface area contributed by atoms with Gasteiger partial charge in [-0.3, -0.25) is 9.59 Å². The van der Waals surface area contributed by atoms with Crippen LogP contribution in [0.3, 0.4) is 0 Å². The maximum Gasteiger partial charge on any atom is 0.266 e. The zero-order valence-electron chi connectivity index (χ0n) is 15.2. The van der Waals surface area contributed by atoms with Crippen LogP contribution in [0.25, 0.3) is 0 Å². The summed E-state index contributed by atoms with van der Waals surface area (Å²) in [7, 11) is 0. The highest BCUT2D eigenvalue weighted by molar-refractivity contribution is 5.77. The van der Waals surface area contributed by atoms with Gasteiger partial charge in [0, 0.05) is 24.6 Å². The second-order valence-corrected chi connectivity index (χ2v) is 6.96. The molecule has 0 bridgehead atoms. The molecule has 0 spiro atoms. The van der Waals surface area contributed by atoms with Crippen LogP contribution < -0.4 is 20.3 Å². The van der Waals surface area contributed by atoms with E-state index in [4.69, 9.17) is 9.47 Å². The van der Waals surface area contributed by atoms with Crippen molar-refractivity contribution < 1.29 is 14.3 Å². The number of carbonyl (C=O) groups is 1. The van der Waals surface area contributed by atoms with Crippen molar-refractivity contribution in [2.24, 2.45) is 0 Å². The third-order valence-electron chi connectivity index (χ3n) is 4.06. The van der Waals surface area contributed by atoms with Crippen LogP contribution >= 0.6 is 0 Å². The Kier molecular flexibility index (Phi) is 4.97. The molecule has 0 atom stereocenters. The number of aryl methyl sites for hydroxylation is 1. The fraction of sp³-hybridized carbons (Fsp3) is 0.421. The molecule has 2 heterocycles. The van der Waals surface area contributed by atoms with Gasteiger partial charge in [0.1, 0.15) is 5.60 Å². The first-order valence-corrected chi connectivity index (χ1v) is 8.59. The third-order valence-corrected chi connectivity index (χ3v) is 4.06. The van der Waals surface area contributed by atoms with Gasteiger partial charge in [0.15, 0.2) is 18.1 Å². The van der Waals surface area contributed by atoms with Crippen molar-refractivity contribution in [3.8, 4) is 11.5 Å². The Bertz CT molecular complexity index is 873. The predicted octanol–water partition coefficient (Wildman–Crippen LogP) is 1.46. The molecular weight excluding hydrogens is 334 g/mol. The zero-order valence-corrected chi connectivity index (χ0v) is 15.2. The standard InChI is InChI=1S/C19H23N3O4/c1-13-7-8-17(24)22(21-13)10-9-20-16(23)12-25-15-6-4-5-14-11-19(2,3)26-18(14)15/h4-8H,9-12H2,1-3H3,(H,20,23). The molecule has 0 radical (unpaired) electrons. The second-order valence-electron chi connectivity index (χ2n) is 6.96. The van der Waals surface area contributed by atoms with Gasteiger partial charge in [0.05, 0.1) is 12.2 Å². The van der Waals surface area contributed by atoms with Gasteiger partial charge in [-0.25, -0.2) is 4.68 Å².